The second-order valence-electron chi connectivity index (χ2n) is 3.92. The minimum absolute atomic E-state index is 0.420. The summed E-state index contributed by atoms with van der Waals surface area (Å²) in [7, 11) is -1.60. The zero-order valence-electron chi connectivity index (χ0n) is 9.92. The van der Waals surface area contributed by atoms with E-state index in [4.69, 9.17) is 13.9 Å². The number of rotatable bonds is 7. The number of hydrogen-bond donors (Lipinski definition) is 0. The third kappa shape index (κ3) is 6.18. The summed E-state index contributed by atoms with van der Waals surface area (Å²) in [6.07, 6.45) is -0.420. The molecule has 0 aliphatic carbocycles. The van der Waals surface area contributed by atoms with Gasteiger partial charge in [-0.05, 0) is 33.5 Å². The first kappa shape index (κ1) is 13.7. The van der Waals surface area contributed by atoms with Gasteiger partial charge in [0.1, 0.15) is 5.76 Å². The van der Waals surface area contributed by atoms with Crippen molar-refractivity contribution >= 4 is 8.32 Å². The van der Waals surface area contributed by atoms with Crippen LogP contribution in [0.2, 0.25) is 19.6 Å². The van der Waals surface area contributed by atoms with Gasteiger partial charge in [-0.2, -0.15) is 0 Å². The summed E-state index contributed by atoms with van der Waals surface area (Å²) >= 11 is 0. The fourth-order valence-electron chi connectivity index (χ4n) is 0.978. The lowest BCUT2D eigenvalue weighted by atomic mass is 10.5. The van der Waals surface area contributed by atoms with Gasteiger partial charge in [-0.1, -0.05) is 6.58 Å². The fraction of sp³-hybridized carbons (Fsp3) is 0.800. The Labute approximate surface area is 88.2 Å². The molecule has 0 spiro atoms. The van der Waals surface area contributed by atoms with Gasteiger partial charge in [-0.15, -0.1) is 0 Å². The largest absolute Gasteiger partial charge is 0.544 e. The standard InChI is InChI=1S/C10H22O3Si/c1-7-11-10(12-8-2)9(3)13-14(4,5)6/h10H,3,7-8H2,1-2,4-6H3. The van der Waals surface area contributed by atoms with E-state index < -0.39 is 14.6 Å². The van der Waals surface area contributed by atoms with Crippen LogP contribution in [0.25, 0.3) is 0 Å². The van der Waals surface area contributed by atoms with Crippen molar-refractivity contribution in [2.24, 2.45) is 0 Å². The first-order chi connectivity index (χ1) is 6.40. The number of ether oxygens (including phenoxy) is 2. The molecule has 4 heteroatoms. The molecule has 0 rings (SSSR count). The summed E-state index contributed by atoms with van der Waals surface area (Å²) in [5.41, 5.74) is 0. The van der Waals surface area contributed by atoms with Crippen LogP contribution >= 0.6 is 0 Å². The average molecular weight is 218 g/mol. The van der Waals surface area contributed by atoms with Crippen LogP contribution in [0.3, 0.4) is 0 Å². The smallest absolute Gasteiger partial charge is 0.241 e. The first-order valence-corrected chi connectivity index (χ1v) is 8.42. The molecule has 0 fully saturated rings. The second-order valence-corrected chi connectivity index (χ2v) is 8.35. The lowest BCUT2D eigenvalue weighted by molar-refractivity contribution is -0.127. The van der Waals surface area contributed by atoms with Crippen molar-refractivity contribution in [3.8, 4) is 0 Å². The first-order valence-electron chi connectivity index (χ1n) is 5.01. The maximum atomic E-state index is 5.70. The third-order valence-corrected chi connectivity index (χ3v) is 2.21. The highest BCUT2D eigenvalue weighted by molar-refractivity contribution is 6.70. The van der Waals surface area contributed by atoms with Crippen LogP contribution in [0.1, 0.15) is 13.8 Å². The SMILES string of the molecule is C=C(O[Si](C)(C)C)C(OCC)OCC. The van der Waals surface area contributed by atoms with E-state index in [9.17, 15) is 0 Å². The molecule has 0 aliphatic heterocycles. The van der Waals surface area contributed by atoms with E-state index in [0.717, 1.165) is 0 Å². The average Bonchev–Trinajstić information content (AvgIpc) is 2.01. The van der Waals surface area contributed by atoms with Gasteiger partial charge in [0.05, 0.1) is 0 Å². The van der Waals surface area contributed by atoms with Crippen molar-refractivity contribution in [3.05, 3.63) is 12.3 Å². The highest BCUT2D eigenvalue weighted by Gasteiger charge is 2.22. The third-order valence-electron chi connectivity index (χ3n) is 1.34. The van der Waals surface area contributed by atoms with Crippen LogP contribution in [0.5, 0.6) is 0 Å². The normalized spacial score (nSPS) is 11.9. The maximum absolute atomic E-state index is 5.70. The Hall–Kier alpha value is -0.323. The molecule has 0 aromatic carbocycles. The zero-order chi connectivity index (χ0) is 11.2. The van der Waals surface area contributed by atoms with Crippen molar-refractivity contribution in [1.82, 2.24) is 0 Å². The monoisotopic (exact) mass is 218 g/mol. The summed E-state index contributed by atoms with van der Waals surface area (Å²) in [6.45, 7) is 15.2. The molecule has 14 heavy (non-hydrogen) atoms. The second kappa shape index (κ2) is 6.21. The van der Waals surface area contributed by atoms with E-state index in [-0.39, 0.29) is 0 Å². The van der Waals surface area contributed by atoms with Gasteiger partial charge in [0.2, 0.25) is 14.6 Å². The summed E-state index contributed by atoms with van der Waals surface area (Å²) in [5.74, 6) is 0.591. The molecule has 0 aromatic heterocycles. The molecule has 0 N–H and O–H groups in total. The van der Waals surface area contributed by atoms with Gasteiger partial charge >= 0.3 is 0 Å². The molecule has 0 unspecified atom stereocenters. The minimum atomic E-state index is -1.60. The summed E-state index contributed by atoms with van der Waals surface area (Å²) < 4.78 is 16.4. The van der Waals surface area contributed by atoms with Crippen LogP contribution in [0.4, 0.5) is 0 Å². The molecule has 0 radical (unpaired) electrons. The fourth-order valence-corrected chi connectivity index (χ4v) is 1.86. The molecular formula is C10H22O3Si. The van der Waals surface area contributed by atoms with Crippen molar-refractivity contribution < 1.29 is 13.9 Å². The van der Waals surface area contributed by atoms with Crippen molar-refractivity contribution in [2.75, 3.05) is 13.2 Å². The molecule has 0 saturated heterocycles. The molecule has 0 heterocycles. The van der Waals surface area contributed by atoms with E-state index in [1.165, 1.54) is 0 Å². The van der Waals surface area contributed by atoms with Gasteiger partial charge in [-0.25, -0.2) is 0 Å². The molecule has 0 atom stereocenters. The van der Waals surface area contributed by atoms with Gasteiger partial charge in [0.15, 0.2) is 0 Å². The molecule has 0 saturated carbocycles. The van der Waals surface area contributed by atoms with Crippen LogP contribution in [-0.4, -0.2) is 27.8 Å². The summed E-state index contributed by atoms with van der Waals surface area (Å²) in [4.78, 5) is 0. The molecule has 84 valence electrons. The minimum Gasteiger partial charge on any atom is -0.544 e. The van der Waals surface area contributed by atoms with E-state index in [2.05, 4.69) is 26.2 Å². The molecule has 3 nitrogen and oxygen atoms in total. The van der Waals surface area contributed by atoms with Crippen LogP contribution in [-0.2, 0) is 13.9 Å². The Morgan fingerprint density at radius 1 is 1.14 bits per heavy atom. The van der Waals surface area contributed by atoms with Crippen LogP contribution in [0.15, 0.2) is 12.3 Å². The van der Waals surface area contributed by atoms with Crippen LogP contribution in [0, 0.1) is 0 Å². The van der Waals surface area contributed by atoms with Crippen molar-refractivity contribution in [3.63, 3.8) is 0 Å². The molecule has 0 bridgehead atoms. The van der Waals surface area contributed by atoms with Gasteiger partial charge in [0.25, 0.3) is 0 Å². The Bertz CT molecular complexity index is 169. The van der Waals surface area contributed by atoms with E-state index in [1.807, 2.05) is 13.8 Å². The topological polar surface area (TPSA) is 27.7 Å². The van der Waals surface area contributed by atoms with E-state index >= 15 is 0 Å². The maximum Gasteiger partial charge on any atom is 0.241 e. The zero-order valence-corrected chi connectivity index (χ0v) is 10.9. The predicted molar refractivity (Wildman–Crippen MR) is 60.6 cm³/mol. The molecule has 0 amide bonds. The van der Waals surface area contributed by atoms with Crippen molar-refractivity contribution in [1.29, 1.82) is 0 Å². The van der Waals surface area contributed by atoms with Gasteiger partial charge < -0.3 is 13.9 Å². The highest BCUT2D eigenvalue weighted by atomic mass is 28.4. The van der Waals surface area contributed by atoms with Gasteiger partial charge in [-0.3, -0.25) is 0 Å². The number of hydrogen-bond acceptors (Lipinski definition) is 3. The van der Waals surface area contributed by atoms with Gasteiger partial charge in [0, 0.05) is 13.2 Å². The molecule has 0 aromatic rings. The lowest BCUT2D eigenvalue weighted by Crippen LogP contribution is -2.31. The molecular weight excluding hydrogens is 196 g/mol. The Kier molecular flexibility index (Phi) is 6.07. The predicted octanol–water partition coefficient (Wildman–Crippen LogP) is 2.75. The van der Waals surface area contributed by atoms with E-state index in [1.54, 1.807) is 0 Å². The van der Waals surface area contributed by atoms with Crippen LogP contribution < -0.4 is 0 Å². The Morgan fingerprint density at radius 3 is 1.86 bits per heavy atom. The van der Waals surface area contributed by atoms with E-state index in [0.29, 0.717) is 19.0 Å². The summed E-state index contributed by atoms with van der Waals surface area (Å²) in [6, 6.07) is 0. The Morgan fingerprint density at radius 2 is 1.57 bits per heavy atom. The highest BCUT2D eigenvalue weighted by Crippen LogP contribution is 2.15. The lowest BCUT2D eigenvalue weighted by Gasteiger charge is -2.26. The quantitative estimate of drug-likeness (QED) is 0.373. The summed E-state index contributed by atoms with van der Waals surface area (Å²) in [5, 5.41) is 0. The Balaban J connectivity index is 4.14. The van der Waals surface area contributed by atoms with Crippen molar-refractivity contribution in [2.45, 2.75) is 39.8 Å². The molecule has 0 aliphatic rings.